The van der Waals surface area contributed by atoms with Crippen LogP contribution >= 0.6 is 11.8 Å². The number of hydrogen-bond donors (Lipinski definition) is 0. The molecule has 7 aromatic rings. The van der Waals surface area contributed by atoms with Gasteiger partial charge in [0.25, 0.3) is 0 Å². The van der Waals surface area contributed by atoms with E-state index in [1.54, 1.807) is 29.0 Å². The summed E-state index contributed by atoms with van der Waals surface area (Å²) in [6, 6.07) is 44.7. The lowest BCUT2D eigenvalue weighted by Crippen LogP contribution is -2.20. The first-order valence-electron chi connectivity index (χ1n) is 15.1. The molecular formula is C36H26N4OS. The summed E-state index contributed by atoms with van der Waals surface area (Å²) in [5.41, 5.74) is 6.32. The third-order valence-corrected chi connectivity index (χ3v) is 8.48. The van der Waals surface area contributed by atoms with E-state index in [0.717, 1.165) is 53.9 Å². The number of rotatable bonds is 5. The molecule has 2 aromatic heterocycles. The van der Waals surface area contributed by atoms with Gasteiger partial charge in [-0.1, -0.05) is 84.6 Å². The van der Waals surface area contributed by atoms with Crippen LogP contribution in [0.25, 0.3) is 38.8 Å². The lowest BCUT2D eigenvalue weighted by Gasteiger charge is -2.18. The first-order chi connectivity index (χ1) is 21.9. The molecule has 0 saturated heterocycles. The number of hydrogen-bond acceptors (Lipinski definition) is 5. The number of anilines is 3. The van der Waals surface area contributed by atoms with Crippen LogP contribution in [0, 0.1) is 0 Å². The second-order valence-electron chi connectivity index (χ2n) is 10.1. The summed E-state index contributed by atoms with van der Waals surface area (Å²) in [4.78, 5) is 12.7. The van der Waals surface area contributed by atoms with Crippen molar-refractivity contribution >= 4 is 50.6 Å². The van der Waals surface area contributed by atoms with Gasteiger partial charge in [-0.3, -0.25) is 4.57 Å². The number of para-hydroxylation sites is 3. The van der Waals surface area contributed by atoms with Gasteiger partial charge in [-0.05, 0) is 71.8 Å². The zero-order chi connectivity index (χ0) is 30.5. The Morgan fingerprint density at radius 1 is 0.643 bits per heavy atom. The van der Waals surface area contributed by atoms with Gasteiger partial charge in [0.05, 0.1) is 28.1 Å². The average Bonchev–Trinajstić information content (AvgIpc) is 3.62. The predicted octanol–water partition coefficient (Wildman–Crippen LogP) is 9.43. The molecule has 3 heterocycles. The third kappa shape index (κ3) is 4.20. The van der Waals surface area contributed by atoms with E-state index in [4.69, 9.17) is 14.0 Å². The molecule has 0 amide bonds. The van der Waals surface area contributed by atoms with E-state index in [2.05, 4.69) is 65.2 Å². The van der Waals surface area contributed by atoms with Crippen LogP contribution < -0.4 is 10.1 Å². The number of benzene rings is 5. The average molecular weight is 566 g/mol. The maximum atomic E-state index is 7.94. The molecule has 0 saturated carbocycles. The van der Waals surface area contributed by atoms with E-state index in [-0.39, 0.29) is 0 Å². The van der Waals surface area contributed by atoms with Crippen LogP contribution in [0.2, 0.25) is 0 Å². The summed E-state index contributed by atoms with van der Waals surface area (Å²) in [5.74, 6) is 0.857. The molecule has 0 bridgehead atoms. The molecule has 1 aliphatic rings. The minimum absolute atomic E-state index is 0.499. The van der Waals surface area contributed by atoms with Crippen LogP contribution in [0.4, 0.5) is 17.1 Å². The Morgan fingerprint density at radius 3 is 2.33 bits per heavy atom. The van der Waals surface area contributed by atoms with E-state index in [0.29, 0.717) is 11.4 Å². The summed E-state index contributed by atoms with van der Waals surface area (Å²) in [6.07, 6.45) is 1.87. The molecule has 0 aliphatic carbocycles. The van der Waals surface area contributed by atoms with Crippen molar-refractivity contribution in [2.45, 2.75) is 9.79 Å². The quantitative estimate of drug-likeness (QED) is 0.208. The summed E-state index contributed by atoms with van der Waals surface area (Å²) >= 11 is 1.64. The standard InChI is InChI=1S/C36H26N4OS/c1-38-33-16-7-8-17-34(33)40(41-38)27-12-9-13-28(23-27)42-29-18-19-31-30-14-5-6-15-32(30)39(35(31)24-29)36-22-26(20-21-37-36)25-10-3-2-4-11-25/h2-24H,1H3/i1D3. The van der Waals surface area contributed by atoms with Crippen LogP contribution in [0.3, 0.4) is 0 Å². The Hall–Kier alpha value is -5.04. The SMILES string of the molecule is [2H]C([2H])([2H])N1ON(c2cccc(Sc3ccc4c5ccccc5n(-c5cc(-c6ccccc6)ccn5)c4c3)c2)c2ccccc21. The normalized spacial score (nSPS) is 14.1. The lowest BCUT2D eigenvalue weighted by atomic mass is 10.1. The lowest BCUT2D eigenvalue weighted by molar-refractivity contribution is 0.142. The number of pyridine rings is 1. The zero-order valence-electron chi connectivity index (χ0n) is 25.4. The summed E-state index contributed by atoms with van der Waals surface area (Å²) in [7, 11) is 0. The van der Waals surface area contributed by atoms with Gasteiger partial charge in [-0.25, -0.2) is 10.0 Å². The topological polar surface area (TPSA) is 33.5 Å². The molecule has 0 fully saturated rings. The van der Waals surface area contributed by atoms with Crippen molar-refractivity contribution in [3.63, 3.8) is 0 Å². The predicted molar refractivity (Wildman–Crippen MR) is 173 cm³/mol. The number of aromatic nitrogens is 2. The number of hydroxylamine groups is 1. The fourth-order valence-electron chi connectivity index (χ4n) is 5.58. The molecule has 0 spiro atoms. The van der Waals surface area contributed by atoms with Crippen molar-refractivity contribution in [3.8, 4) is 16.9 Å². The summed E-state index contributed by atoms with van der Waals surface area (Å²) in [5, 5.41) is 4.87. The van der Waals surface area contributed by atoms with Gasteiger partial charge in [0.15, 0.2) is 0 Å². The third-order valence-electron chi connectivity index (χ3n) is 7.50. The number of nitrogens with zero attached hydrogens (tertiary/aromatic N) is 4. The molecule has 0 radical (unpaired) electrons. The highest BCUT2D eigenvalue weighted by molar-refractivity contribution is 7.99. The van der Waals surface area contributed by atoms with Crippen molar-refractivity contribution < 1.29 is 9.05 Å². The van der Waals surface area contributed by atoms with Crippen LogP contribution in [-0.4, -0.2) is 16.5 Å². The molecule has 5 aromatic carbocycles. The highest BCUT2D eigenvalue weighted by Gasteiger charge is 2.26. The minimum Gasteiger partial charge on any atom is -0.294 e. The van der Waals surface area contributed by atoms with Crippen LogP contribution in [0.15, 0.2) is 149 Å². The van der Waals surface area contributed by atoms with E-state index < -0.39 is 6.98 Å². The molecule has 1 aliphatic heterocycles. The highest BCUT2D eigenvalue weighted by atomic mass is 32.2. The van der Waals surface area contributed by atoms with Crippen molar-refractivity contribution in [3.05, 3.63) is 140 Å². The van der Waals surface area contributed by atoms with Gasteiger partial charge in [0.1, 0.15) is 5.82 Å². The maximum absolute atomic E-state index is 7.94. The Morgan fingerprint density at radius 2 is 1.43 bits per heavy atom. The van der Waals surface area contributed by atoms with Gasteiger partial charge in [0.2, 0.25) is 0 Å². The van der Waals surface area contributed by atoms with E-state index in [1.807, 2.05) is 66.9 Å². The number of fused-ring (bicyclic) bond motifs is 4. The minimum atomic E-state index is -2.44. The van der Waals surface area contributed by atoms with E-state index >= 15 is 0 Å². The monoisotopic (exact) mass is 565 g/mol. The Bertz CT molecular complexity index is 2200. The maximum Gasteiger partial charge on any atom is 0.138 e. The van der Waals surface area contributed by atoms with Crippen LogP contribution in [0.5, 0.6) is 0 Å². The Kier molecular flexibility index (Phi) is 5.21. The van der Waals surface area contributed by atoms with Crippen molar-refractivity contribution in [1.82, 2.24) is 9.55 Å². The van der Waals surface area contributed by atoms with Gasteiger partial charge in [-0.2, -0.15) is 5.06 Å². The van der Waals surface area contributed by atoms with Crippen molar-refractivity contribution in [2.24, 2.45) is 0 Å². The Balaban J connectivity index is 1.18. The fraction of sp³-hybridized carbons (Fsp3) is 0.0278. The van der Waals surface area contributed by atoms with E-state index in [1.165, 1.54) is 5.39 Å². The molecule has 6 heteroatoms. The first-order valence-corrected chi connectivity index (χ1v) is 14.5. The summed E-state index contributed by atoms with van der Waals surface area (Å²) < 4.78 is 26.1. The van der Waals surface area contributed by atoms with Gasteiger partial charge in [0, 0.05) is 37.8 Å². The van der Waals surface area contributed by atoms with E-state index in [9.17, 15) is 0 Å². The first kappa shape index (κ1) is 21.7. The highest BCUT2D eigenvalue weighted by Crippen LogP contribution is 2.42. The molecule has 8 rings (SSSR count). The van der Waals surface area contributed by atoms with Gasteiger partial charge >= 0.3 is 0 Å². The van der Waals surface area contributed by atoms with Crippen LogP contribution in [-0.2, 0) is 4.94 Å². The largest absolute Gasteiger partial charge is 0.294 e. The second kappa shape index (κ2) is 10.1. The molecule has 5 nitrogen and oxygen atoms in total. The fourth-order valence-corrected chi connectivity index (χ4v) is 6.49. The van der Waals surface area contributed by atoms with Gasteiger partial charge < -0.3 is 0 Å². The molecule has 0 N–H and O–H groups in total. The van der Waals surface area contributed by atoms with Gasteiger partial charge in [-0.15, -0.1) is 4.94 Å². The van der Waals surface area contributed by atoms with Crippen molar-refractivity contribution in [2.75, 3.05) is 17.1 Å². The molecule has 42 heavy (non-hydrogen) atoms. The zero-order valence-corrected chi connectivity index (χ0v) is 23.2. The molecule has 0 atom stereocenters. The Labute approximate surface area is 252 Å². The smallest absolute Gasteiger partial charge is 0.138 e. The molecule has 202 valence electrons. The van der Waals surface area contributed by atoms with Crippen molar-refractivity contribution in [1.29, 1.82) is 0 Å². The molecule has 0 unspecified atom stereocenters. The van der Waals surface area contributed by atoms with Crippen LogP contribution in [0.1, 0.15) is 4.11 Å². The molecular weight excluding hydrogens is 536 g/mol. The summed E-state index contributed by atoms with van der Waals surface area (Å²) in [6.45, 7) is -2.44. The second-order valence-corrected chi connectivity index (χ2v) is 11.2.